The van der Waals surface area contributed by atoms with Crippen molar-refractivity contribution in [3.05, 3.63) is 52.6 Å². The number of piperazine rings is 1. The Morgan fingerprint density at radius 1 is 1.28 bits per heavy atom. The fraction of sp³-hybridized carbons (Fsp3) is 0.391. The Labute approximate surface area is 190 Å². The van der Waals surface area contributed by atoms with Gasteiger partial charge in [-0.1, -0.05) is 25.4 Å². The minimum absolute atomic E-state index is 0.0341. The number of carbonyl (C=O) groups is 2. The van der Waals surface area contributed by atoms with Crippen LogP contribution in [0.4, 0.5) is 4.39 Å². The molecule has 1 saturated heterocycles. The molecule has 0 spiro atoms. The molecule has 1 aliphatic rings. The number of nitrogens with zero attached hydrogens (tertiary/aromatic N) is 4. The molecular formula is C23H25ClFN5O2. The van der Waals surface area contributed by atoms with Crippen molar-refractivity contribution in [3.8, 4) is 5.69 Å². The molecule has 0 aliphatic carbocycles. The van der Waals surface area contributed by atoms with Crippen LogP contribution in [0.3, 0.4) is 0 Å². The number of benzene rings is 1. The average Bonchev–Trinajstić information content (AvgIpc) is 3.08. The molecule has 3 heterocycles. The van der Waals surface area contributed by atoms with E-state index in [0.717, 1.165) is 5.69 Å². The average molecular weight is 458 g/mol. The molecule has 7 nitrogen and oxygen atoms in total. The van der Waals surface area contributed by atoms with E-state index in [-0.39, 0.29) is 22.5 Å². The van der Waals surface area contributed by atoms with Gasteiger partial charge in [-0.15, -0.1) is 0 Å². The molecular weight excluding hydrogens is 433 g/mol. The van der Waals surface area contributed by atoms with Gasteiger partial charge in [0.05, 0.1) is 21.9 Å². The summed E-state index contributed by atoms with van der Waals surface area (Å²) in [5.41, 5.74) is 1.75. The molecule has 3 aromatic rings. The van der Waals surface area contributed by atoms with E-state index in [9.17, 15) is 14.0 Å². The smallest absolute Gasteiger partial charge is 0.273 e. The van der Waals surface area contributed by atoms with Crippen LogP contribution in [0.1, 0.15) is 43.9 Å². The Morgan fingerprint density at radius 2 is 2.03 bits per heavy atom. The second kappa shape index (κ2) is 8.16. The third-order valence-electron chi connectivity index (χ3n) is 5.66. The van der Waals surface area contributed by atoms with Crippen molar-refractivity contribution < 1.29 is 14.0 Å². The van der Waals surface area contributed by atoms with Crippen molar-refractivity contribution in [3.63, 3.8) is 0 Å². The number of aromatic nitrogens is 3. The Balaban J connectivity index is 1.81. The highest BCUT2D eigenvalue weighted by Crippen LogP contribution is 2.27. The lowest BCUT2D eigenvalue weighted by molar-refractivity contribution is -0.133. The molecule has 0 bridgehead atoms. The summed E-state index contributed by atoms with van der Waals surface area (Å²) in [6, 6.07) is 7.87. The lowest BCUT2D eigenvalue weighted by atomic mass is 9.98. The molecule has 32 heavy (non-hydrogen) atoms. The standard InChI is InChI=1S/C23H25ClFN5O2/c1-13(2)11-18-20-19(30(28-18)14-5-6-15(24)16(25)12-14)8-7-17(27-20)21(31)29-10-9-26-22(32)23(29,3)4/h5-8,12-13H,9-11H2,1-4H3,(H,26,32). The maximum Gasteiger partial charge on any atom is 0.273 e. The first-order valence-electron chi connectivity index (χ1n) is 10.5. The summed E-state index contributed by atoms with van der Waals surface area (Å²) in [6.45, 7) is 8.37. The zero-order valence-electron chi connectivity index (χ0n) is 18.4. The number of halogens is 2. The van der Waals surface area contributed by atoms with Gasteiger partial charge in [0.15, 0.2) is 0 Å². The molecule has 168 valence electrons. The number of rotatable bonds is 4. The Hall–Kier alpha value is -3.00. The van der Waals surface area contributed by atoms with Gasteiger partial charge in [-0.2, -0.15) is 5.10 Å². The topological polar surface area (TPSA) is 80.1 Å². The fourth-order valence-corrected chi connectivity index (χ4v) is 4.02. The molecule has 1 fully saturated rings. The zero-order valence-corrected chi connectivity index (χ0v) is 19.2. The van der Waals surface area contributed by atoms with Crippen molar-refractivity contribution in [2.45, 2.75) is 39.7 Å². The molecule has 0 radical (unpaired) electrons. The number of nitrogens with one attached hydrogen (secondary N) is 1. The van der Waals surface area contributed by atoms with Crippen LogP contribution in [0.5, 0.6) is 0 Å². The van der Waals surface area contributed by atoms with Crippen molar-refractivity contribution >= 4 is 34.4 Å². The summed E-state index contributed by atoms with van der Waals surface area (Å²) in [7, 11) is 0. The SMILES string of the molecule is CC(C)Cc1nn(-c2ccc(Cl)c(F)c2)c2ccc(C(=O)N3CCNC(=O)C3(C)C)nc12. The summed E-state index contributed by atoms with van der Waals surface area (Å²) < 4.78 is 15.7. The van der Waals surface area contributed by atoms with E-state index in [1.807, 2.05) is 0 Å². The van der Waals surface area contributed by atoms with Gasteiger partial charge in [0, 0.05) is 19.2 Å². The van der Waals surface area contributed by atoms with Gasteiger partial charge in [0.2, 0.25) is 5.91 Å². The number of carbonyl (C=O) groups excluding carboxylic acids is 2. The number of hydrogen-bond donors (Lipinski definition) is 1. The van der Waals surface area contributed by atoms with Crippen molar-refractivity contribution in [2.75, 3.05) is 13.1 Å². The third kappa shape index (κ3) is 3.83. The monoisotopic (exact) mass is 457 g/mol. The Morgan fingerprint density at radius 3 is 2.72 bits per heavy atom. The molecule has 4 rings (SSSR count). The highest BCUT2D eigenvalue weighted by Gasteiger charge is 2.41. The summed E-state index contributed by atoms with van der Waals surface area (Å²) in [4.78, 5) is 31.8. The highest BCUT2D eigenvalue weighted by molar-refractivity contribution is 6.30. The molecule has 1 N–H and O–H groups in total. The third-order valence-corrected chi connectivity index (χ3v) is 5.97. The molecule has 2 amide bonds. The van der Waals surface area contributed by atoms with Crippen LogP contribution >= 0.6 is 11.6 Å². The molecule has 1 aliphatic heterocycles. The van der Waals surface area contributed by atoms with Crippen LogP contribution < -0.4 is 5.32 Å². The van der Waals surface area contributed by atoms with Gasteiger partial charge < -0.3 is 10.2 Å². The number of hydrogen-bond acceptors (Lipinski definition) is 4. The molecule has 0 unspecified atom stereocenters. The fourth-order valence-electron chi connectivity index (χ4n) is 3.91. The van der Waals surface area contributed by atoms with Crippen molar-refractivity contribution in [1.82, 2.24) is 25.0 Å². The molecule has 1 aromatic carbocycles. The van der Waals surface area contributed by atoms with Gasteiger partial charge in [0.1, 0.15) is 22.6 Å². The number of fused-ring (bicyclic) bond motifs is 1. The summed E-state index contributed by atoms with van der Waals surface area (Å²) >= 11 is 5.84. The lowest BCUT2D eigenvalue weighted by Crippen LogP contribution is -2.63. The summed E-state index contributed by atoms with van der Waals surface area (Å²) in [6.07, 6.45) is 0.641. The van der Waals surface area contributed by atoms with E-state index >= 15 is 0 Å². The van der Waals surface area contributed by atoms with Crippen LogP contribution in [0.15, 0.2) is 30.3 Å². The van der Waals surface area contributed by atoms with Crippen molar-refractivity contribution in [1.29, 1.82) is 0 Å². The van der Waals surface area contributed by atoms with E-state index in [2.05, 4.69) is 29.2 Å². The zero-order chi connectivity index (χ0) is 23.2. The number of amides is 2. The van der Waals surface area contributed by atoms with Gasteiger partial charge in [-0.25, -0.2) is 14.1 Å². The second-order valence-corrected chi connectivity index (χ2v) is 9.30. The molecule has 2 aromatic heterocycles. The predicted octanol–water partition coefficient (Wildman–Crippen LogP) is 3.76. The minimum Gasteiger partial charge on any atom is -0.352 e. The molecule has 0 saturated carbocycles. The van der Waals surface area contributed by atoms with Crippen LogP contribution in [0, 0.1) is 11.7 Å². The van der Waals surface area contributed by atoms with E-state index in [4.69, 9.17) is 11.6 Å². The number of pyridine rings is 1. The Bertz CT molecular complexity index is 1220. The molecule has 9 heteroatoms. The maximum atomic E-state index is 14.1. The van der Waals surface area contributed by atoms with E-state index < -0.39 is 11.4 Å². The highest BCUT2D eigenvalue weighted by atomic mass is 35.5. The largest absolute Gasteiger partial charge is 0.352 e. The van der Waals surface area contributed by atoms with Gasteiger partial charge in [-0.3, -0.25) is 9.59 Å². The van der Waals surface area contributed by atoms with Crippen molar-refractivity contribution in [2.24, 2.45) is 5.92 Å². The van der Waals surface area contributed by atoms with Gasteiger partial charge in [-0.05, 0) is 50.5 Å². The van der Waals surface area contributed by atoms with E-state index in [1.54, 1.807) is 41.6 Å². The quantitative estimate of drug-likeness (QED) is 0.646. The lowest BCUT2D eigenvalue weighted by Gasteiger charge is -2.40. The minimum atomic E-state index is -0.974. The summed E-state index contributed by atoms with van der Waals surface area (Å²) in [5.74, 6) is -0.748. The normalized spacial score (nSPS) is 16.0. The first-order valence-corrected chi connectivity index (χ1v) is 10.9. The van der Waals surface area contributed by atoms with Crippen LogP contribution in [-0.2, 0) is 11.2 Å². The van der Waals surface area contributed by atoms with Crippen LogP contribution in [-0.4, -0.2) is 50.1 Å². The van der Waals surface area contributed by atoms with Gasteiger partial charge in [0.25, 0.3) is 5.91 Å². The van der Waals surface area contributed by atoms with E-state index in [1.165, 1.54) is 12.1 Å². The predicted molar refractivity (Wildman–Crippen MR) is 121 cm³/mol. The summed E-state index contributed by atoms with van der Waals surface area (Å²) in [5, 5.41) is 7.51. The second-order valence-electron chi connectivity index (χ2n) is 8.89. The molecule has 0 atom stereocenters. The van der Waals surface area contributed by atoms with Gasteiger partial charge >= 0.3 is 0 Å². The first-order chi connectivity index (χ1) is 15.1. The first kappa shape index (κ1) is 22.2. The van der Waals surface area contributed by atoms with E-state index in [0.29, 0.717) is 42.1 Å². The maximum absolute atomic E-state index is 14.1. The Kier molecular flexibility index (Phi) is 5.67. The van der Waals surface area contributed by atoms with Crippen LogP contribution in [0.25, 0.3) is 16.7 Å². The van der Waals surface area contributed by atoms with Crippen LogP contribution in [0.2, 0.25) is 5.02 Å².